The molecule has 2 rings (SSSR count). The van der Waals surface area contributed by atoms with Crippen molar-refractivity contribution < 1.29 is 9.59 Å². The fraction of sp³-hybridized carbons (Fsp3) is 0.529. The van der Waals surface area contributed by atoms with Crippen molar-refractivity contribution in [2.45, 2.75) is 33.1 Å². The zero-order chi connectivity index (χ0) is 15.9. The predicted octanol–water partition coefficient (Wildman–Crippen LogP) is 2.77. The summed E-state index contributed by atoms with van der Waals surface area (Å²) in [4.78, 5) is 24.9. The summed E-state index contributed by atoms with van der Waals surface area (Å²) >= 11 is 0. The molecule has 1 fully saturated rings. The van der Waals surface area contributed by atoms with Gasteiger partial charge in [0, 0.05) is 32.2 Å². The van der Waals surface area contributed by atoms with E-state index in [1.54, 1.807) is 0 Å². The first kappa shape index (κ1) is 16.3. The molecule has 0 saturated carbocycles. The molecule has 1 aliphatic rings. The Morgan fingerprint density at radius 2 is 1.82 bits per heavy atom. The van der Waals surface area contributed by atoms with Crippen LogP contribution in [0.25, 0.3) is 0 Å². The quantitative estimate of drug-likeness (QED) is 0.898. The van der Waals surface area contributed by atoms with Crippen molar-refractivity contribution in [1.82, 2.24) is 10.2 Å². The van der Waals surface area contributed by atoms with Crippen molar-refractivity contribution in [3.05, 3.63) is 29.8 Å². The van der Waals surface area contributed by atoms with Gasteiger partial charge in [0.25, 0.3) is 0 Å². The van der Waals surface area contributed by atoms with Crippen LogP contribution in [0.1, 0.15) is 31.7 Å². The van der Waals surface area contributed by atoms with Crippen LogP contribution in [-0.4, -0.2) is 36.5 Å². The molecule has 0 aromatic heterocycles. The van der Waals surface area contributed by atoms with E-state index >= 15 is 0 Å². The summed E-state index contributed by atoms with van der Waals surface area (Å²) in [6.45, 7) is 5.86. The summed E-state index contributed by atoms with van der Waals surface area (Å²) in [5.74, 6) is 0.616. The van der Waals surface area contributed by atoms with Crippen molar-refractivity contribution in [2.75, 3.05) is 25.0 Å². The molecule has 5 heteroatoms. The van der Waals surface area contributed by atoms with Gasteiger partial charge >= 0.3 is 6.03 Å². The third-order valence-electron chi connectivity index (χ3n) is 4.13. The van der Waals surface area contributed by atoms with Crippen LogP contribution < -0.4 is 10.6 Å². The summed E-state index contributed by atoms with van der Waals surface area (Å²) in [5, 5.41) is 5.77. The SMILES string of the molecule is CC(=O)NCCC1CCN(C(=O)Nc2ccc(C)cc2)CC1. The Morgan fingerprint density at radius 3 is 2.41 bits per heavy atom. The molecule has 1 heterocycles. The molecular weight excluding hydrogens is 278 g/mol. The molecule has 1 aromatic rings. The maximum absolute atomic E-state index is 12.2. The van der Waals surface area contributed by atoms with E-state index in [-0.39, 0.29) is 11.9 Å². The van der Waals surface area contributed by atoms with Crippen LogP contribution in [0.5, 0.6) is 0 Å². The highest BCUT2D eigenvalue weighted by molar-refractivity contribution is 5.89. The average Bonchev–Trinajstić information content (AvgIpc) is 2.50. The molecule has 22 heavy (non-hydrogen) atoms. The number of benzene rings is 1. The second-order valence-corrected chi connectivity index (χ2v) is 6.00. The molecular formula is C17H25N3O2. The number of aryl methyl sites for hydroxylation is 1. The Hall–Kier alpha value is -2.04. The molecule has 5 nitrogen and oxygen atoms in total. The molecule has 0 bridgehead atoms. The number of rotatable bonds is 4. The van der Waals surface area contributed by atoms with Crippen LogP contribution in [0.2, 0.25) is 0 Å². The normalized spacial score (nSPS) is 15.5. The minimum atomic E-state index is -0.0239. The molecule has 0 spiro atoms. The minimum absolute atomic E-state index is 0.0231. The van der Waals surface area contributed by atoms with E-state index < -0.39 is 0 Å². The maximum Gasteiger partial charge on any atom is 0.321 e. The number of nitrogens with one attached hydrogen (secondary N) is 2. The molecule has 2 N–H and O–H groups in total. The van der Waals surface area contributed by atoms with Crippen molar-refractivity contribution in [2.24, 2.45) is 5.92 Å². The smallest absolute Gasteiger partial charge is 0.321 e. The number of nitrogens with zero attached hydrogens (tertiary/aromatic N) is 1. The monoisotopic (exact) mass is 303 g/mol. The standard InChI is InChI=1S/C17H25N3O2/c1-13-3-5-16(6-4-13)19-17(22)20-11-8-15(9-12-20)7-10-18-14(2)21/h3-6,15H,7-12H2,1-2H3,(H,18,21)(H,19,22). The van der Waals surface area contributed by atoms with E-state index in [0.717, 1.165) is 44.6 Å². The van der Waals surface area contributed by atoms with Crippen LogP contribution in [0.15, 0.2) is 24.3 Å². The molecule has 0 aliphatic carbocycles. The fourth-order valence-corrected chi connectivity index (χ4v) is 2.72. The van der Waals surface area contributed by atoms with Crippen molar-refractivity contribution >= 4 is 17.6 Å². The second-order valence-electron chi connectivity index (χ2n) is 6.00. The number of likely N-dealkylation sites (tertiary alicyclic amines) is 1. The first-order valence-corrected chi connectivity index (χ1v) is 7.91. The van der Waals surface area contributed by atoms with E-state index in [1.807, 2.05) is 36.1 Å². The number of carbonyl (C=O) groups is 2. The summed E-state index contributed by atoms with van der Waals surface area (Å²) in [5.41, 5.74) is 2.02. The summed E-state index contributed by atoms with van der Waals surface area (Å²) < 4.78 is 0. The van der Waals surface area contributed by atoms with Crippen molar-refractivity contribution in [3.8, 4) is 0 Å². The molecule has 0 unspecified atom stereocenters. The van der Waals surface area contributed by atoms with E-state index in [1.165, 1.54) is 12.5 Å². The topological polar surface area (TPSA) is 61.4 Å². The van der Waals surface area contributed by atoms with Gasteiger partial charge in [0.15, 0.2) is 0 Å². The molecule has 3 amide bonds. The first-order chi connectivity index (χ1) is 10.5. The largest absolute Gasteiger partial charge is 0.356 e. The highest BCUT2D eigenvalue weighted by Gasteiger charge is 2.22. The number of urea groups is 1. The number of hydrogen-bond donors (Lipinski definition) is 2. The van der Waals surface area contributed by atoms with Gasteiger partial charge in [-0.25, -0.2) is 4.79 Å². The van der Waals surface area contributed by atoms with Crippen LogP contribution in [0.4, 0.5) is 10.5 Å². The van der Waals surface area contributed by atoms with Gasteiger partial charge in [-0.05, 0) is 44.2 Å². The third kappa shape index (κ3) is 5.06. The summed E-state index contributed by atoms with van der Waals surface area (Å²) in [7, 11) is 0. The number of carbonyl (C=O) groups excluding carboxylic acids is 2. The summed E-state index contributed by atoms with van der Waals surface area (Å²) in [6, 6.07) is 7.80. The van der Waals surface area contributed by atoms with Crippen molar-refractivity contribution in [3.63, 3.8) is 0 Å². The number of amides is 3. The zero-order valence-corrected chi connectivity index (χ0v) is 13.4. The lowest BCUT2D eigenvalue weighted by Gasteiger charge is -2.32. The molecule has 0 radical (unpaired) electrons. The lowest BCUT2D eigenvalue weighted by molar-refractivity contribution is -0.119. The molecule has 0 atom stereocenters. The van der Waals surface area contributed by atoms with Crippen LogP contribution >= 0.6 is 0 Å². The molecule has 1 aliphatic heterocycles. The summed E-state index contributed by atoms with van der Waals surface area (Å²) in [6.07, 6.45) is 2.99. The Labute approximate surface area is 132 Å². The highest BCUT2D eigenvalue weighted by Crippen LogP contribution is 2.21. The van der Waals surface area contributed by atoms with Gasteiger partial charge in [-0.2, -0.15) is 0 Å². The third-order valence-corrected chi connectivity index (χ3v) is 4.13. The van der Waals surface area contributed by atoms with Gasteiger partial charge in [-0.1, -0.05) is 17.7 Å². The van der Waals surface area contributed by atoms with Crippen LogP contribution in [0, 0.1) is 12.8 Å². The van der Waals surface area contributed by atoms with Crippen LogP contribution in [0.3, 0.4) is 0 Å². The Morgan fingerprint density at radius 1 is 1.18 bits per heavy atom. The minimum Gasteiger partial charge on any atom is -0.356 e. The van der Waals surface area contributed by atoms with E-state index in [9.17, 15) is 9.59 Å². The Bertz CT molecular complexity index is 505. The second kappa shape index (κ2) is 7.82. The first-order valence-electron chi connectivity index (χ1n) is 7.91. The van der Waals surface area contributed by atoms with Crippen LogP contribution in [-0.2, 0) is 4.79 Å². The Balaban J connectivity index is 1.72. The highest BCUT2D eigenvalue weighted by atomic mass is 16.2. The van der Waals surface area contributed by atoms with Crippen molar-refractivity contribution in [1.29, 1.82) is 0 Å². The molecule has 1 saturated heterocycles. The molecule has 120 valence electrons. The average molecular weight is 303 g/mol. The lowest BCUT2D eigenvalue weighted by Crippen LogP contribution is -2.41. The zero-order valence-electron chi connectivity index (χ0n) is 13.4. The van der Waals surface area contributed by atoms with Gasteiger partial charge < -0.3 is 15.5 Å². The predicted molar refractivity (Wildman–Crippen MR) is 87.8 cm³/mol. The van der Waals surface area contributed by atoms with Gasteiger partial charge in [0.2, 0.25) is 5.91 Å². The number of hydrogen-bond acceptors (Lipinski definition) is 2. The lowest BCUT2D eigenvalue weighted by atomic mass is 9.94. The molecule has 1 aromatic carbocycles. The van der Waals surface area contributed by atoms with Gasteiger partial charge in [0.05, 0.1) is 0 Å². The maximum atomic E-state index is 12.2. The fourth-order valence-electron chi connectivity index (χ4n) is 2.72. The van der Waals surface area contributed by atoms with E-state index in [0.29, 0.717) is 5.92 Å². The Kier molecular flexibility index (Phi) is 5.81. The van der Waals surface area contributed by atoms with E-state index in [2.05, 4.69) is 10.6 Å². The van der Waals surface area contributed by atoms with E-state index in [4.69, 9.17) is 0 Å². The van der Waals surface area contributed by atoms with Gasteiger partial charge in [-0.3, -0.25) is 4.79 Å². The number of anilines is 1. The van der Waals surface area contributed by atoms with Gasteiger partial charge in [0.1, 0.15) is 0 Å². The van der Waals surface area contributed by atoms with Gasteiger partial charge in [-0.15, -0.1) is 0 Å². The number of piperidine rings is 1.